The molecule has 0 aliphatic rings. The van der Waals surface area contributed by atoms with Gasteiger partial charge in [0.1, 0.15) is 0 Å². The van der Waals surface area contributed by atoms with Crippen molar-refractivity contribution >= 4 is 35.0 Å². The normalized spacial score (nSPS) is 10.2. The summed E-state index contributed by atoms with van der Waals surface area (Å²) in [5.41, 5.74) is 3.02. The molecule has 0 fully saturated rings. The third-order valence-electron chi connectivity index (χ3n) is 3.95. The number of rotatable bonds is 7. The first-order valence-corrected chi connectivity index (χ1v) is 8.91. The number of para-hydroxylation sites is 1. The van der Waals surface area contributed by atoms with Gasteiger partial charge in [-0.25, -0.2) is 0 Å². The molecule has 0 aliphatic carbocycles. The molecule has 0 radical (unpaired) electrons. The van der Waals surface area contributed by atoms with Gasteiger partial charge in [0, 0.05) is 18.7 Å². The van der Waals surface area contributed by atoms with Crippen molar-refractivity contribution in [3.63, 3.8) is 0 Å². The highest BCUT2D eigenvalue weighted by molar-refractivity contribution is 6.33. The number of amides is 3. The number of carbonyl (C=O) groups is 3. The third-order valence-corrected chi connectivity index (χ3v) is 4.28. The van der Waals surface area contributed by atoms with Crippen LogP contribution in [0.5, 0.6) is 0 Å². The van der Waals surface area contributed by atoms with Gasteiger partial charge in [-0.05, 0) is 37.1 Å². The molecule has 3 amide bonds. The molecule has 0 saturated carbocycles. The van der Waals surface area contributed by atoms with Crippen molar-refractivity contribution < 1.29 is 14.4 Å². The summed E-state index contributed by atoms with van der Waals surface area (Å²) in [4.78, 5) is 35.9. The molecule has 0 bridgehead atoms. The van der Waals surface area contributed by atoms with E-state index in [0.29, 0.717) is 10.6 Å². The standard InChI is InChI=1S/C20H22ClN3O3/c1-13-6-5-7-14(2)19(13)24-18(26)12-23-17(25)10-11-22-20(27)15-8-3-4-9-16(15)21/h3-9H,10-12H2,1-2H3,(H,22,27)(H,23,25)(H,24,26). The van der Waals surface area contributed by atoms with Crippen LogP contribution in [-0.4, -0.2) is 30.8 Å². The Bertz CT molecular complexity index is 832. The Morgan fingerprint density at radius 2 is 1.56 bits per heavy atom. The summed E-state index contributed by atoms with van der Waals surface area (Å²) in [5.74, 6) is -0.979. The highest BCUT2D eigenvalue weighted by atomic mass is 35.5. The molecular weight excluding hydrogens is 366 g/mol. The maximum Gasteiger partial charge on any atom is 0.252 e. The second-order valence-corrected chi connectivity index (χ2v) is 6.48. The largest absolute Gasteiger partial charge is 0.351 e. The lowest BCUT2D eigenvalue weighted by atomic mass is 10.1. The second-order valence-electron chi connectivity index (χ2n) is 6.08. The molecule has 2 aromatic carbocycles. The summed E-state index contributed by atoms with van der Waals surface area (Å²) in [6.45, 7) is 3.82. The van der Waals surface area contributed by atoms with Crippen molar-refractivity contribution in [3.8, 4) is 0 Å². The summed E-state index contributed by atoms with van der Waals surface area (Å²) < 4.78 is 0. The lowest BCUT2D eigenvalue weighted by molar-refractivity contribution is -0.124. The van der Waals surface area contributed by atoms with Gasteiger partial charge in [-0.3, -0.25) is 14.4 Å². The summed E-state index contributed by atoms with van der Waals surface area (Å²) >= 11 is 5.95. The van der Waals surface area contributed by atoms with Crippen molar-refractivity contribution in [2.75, 3.05) is 18.4 Å². The monoisotopic (exact) mass is 387 g/mol. The van der Waals surface area contributed by atoms with Crippen molar-refractivity contribution in [2.45, 2.75) is 20.3 Å². The maximum absolute atomic E-state index is 12.0. The van der Waals surface area contributed by atoms with Crippen LogP contribution >= 0.6 is 11.6 Å². The molecule has 0 heterocycles. The Balaban J connectivity index is 1.72. The molecule has 0 unspecified atom stereocenters. The minimum Gasteiger partial charge on any atom is -0.351 e. The third kappa shape index (κ3) is 6.11. The van der Waals surface area contributed by atoms with Crippen LogP contribution in [0.1, 0.15) is 27.9 Å². The van der Waals surface area contributed by atoms with Crippen LogP contribution in [0.25, 0.3) is 0 Å². The fourth-order valence-corrected chi connectivity index (χ4v) is 2.71. The number of hydrogen-bond donors (Lipinski definition) is 3. The van der Waals surface area contributed by atoms with E-state index in [1.807, 2.05) is 32.0 Å². The van der Waals surface area contributed by atoms with Gasteiger partial charge in [-0.15, -0.1) is 0 Å². The molecule has 3 N–H and O–H groups in total. The second kappa shape index (κ2) is 9.73. The molecule has 142 valence electrons. The first-order chi connectivity index (χ1) is 12.9. The van der Waals surface area contributed by atoms with Crippen LogP contribution in [0, 0.1) is 13.8 Å². The van der Waals surface area contributed by atoms with Gasteiger partial charge in [0.05, 0.1) is 17.1 Å². The number of aryl methyl sites for hydroxylation is 2. The Morgan fingerprint density at radius 1 is 0.889 bits per heavy atom. The molecule has 2 aromatic rings. The van der Waals surface area contributed by atoms with E-state index in [9.17, 15) is 14.4 Å². The van der Waals surface area contributed by atoms with Crippen LogP contribution in [0.15, 0.2) is 42.5 Å². The van der Waals surface area contributed by atoms with E-state index in [1.165, 1.54) is 0 Å². The molecule has 7 heteroatoms. The van der Waals surface area contributed by atoms with Gasteiger partial charge in [-0.1, -0.05) is 41.9 Å². The summed E-state index contributed by atoms with van der Waals surface area (Å²) in [6, 6.07) is 12.4. The van der Waals surface area contributed by atoms with Crippen molar-refractivity contribution in [1.29, 1.82) is 0 Å². The smallest absolute Gasteiger partial charge is 0.252 e. The fourth-order valence-electron chi connectivity index (χ4n) is 2.49. The van der Waals surface area contributed by atoms with Gasteiger partial charge in [0.15, 0.2) is 0 Å². The van der Waals surface area contributed by atoms with E-state index in [1.54, 1.807) is 24.3 Å². The van der Waals surface area contributed by atoms with Gasteiger partial charge >= 0.3 is 0 Å². The Kier molecular flexibility index (Phi) is 7.37. The lowest BCUT2D eigenvalue weighted by Gasteiger charge is -2.12. The van der Waals surface area contributed by atoms with Crippen LogP contribution < -0.4 is 16.0 Å². The Labute approximate surface area is 163 Å². The number of anilines is 1. The molecule has 0 saturated heterocycles. The predicted molar refractivity (Wildman–Crippen MR) is 106 cm³/mol. The van der Waals surface area contributed by atoms with E-state index >= 15 is 0 Å². The minimum atomic E-state index is -0.346. The highest BCUT2D eigenvalue weighted by Crippen LogP contribution is 2.19. The number of nitrogens with one attached hydrogen (secondary N) is 3. The summed E-state index contributed by atoms with van der Waals surface area (Å²) in [5, 5.41) is 8.31. The molecule has 6 nitrogen and oxygen atoms in total. The van der Waals surface area contributed by atoms with E-state index in [-0.39, 0.29) is 37.2 Å². The van der Waals surface area contributed by atoms with Crippen LogP contribution in [0.4, 0.5) is 5.69 Å². The van der Waals surface area contributed by atoms with Gasteiger partial charge in [0.25, 0.3) is 5.91 Å². The van der Waals surface area contributed by atoms with E-state index in [4.69, 9.17) is 11.6 Å². The average molecular weight is 388 g/mol. The maximum atomic E-state index is 12.0. The number of carbonyl (C=O) groups excluding carboxylic acids is 3. The predicted octanol–water partition coefficient (Wildman–Crippen LogP) is 2.83. The molecule has 0 atom stereocenters. The van der Waals surface area contributed by atoms with E-state index in [0.717, 1.165) is 16.8 Å². The van der Waals surface area contributed by atoms with Crippen LogP contribution in [-0.2, 0) is 9.59 Å². The van der Waals surface area contributed by atoms with Crippen LogP contribution in [0.2, 0.25) is 5.02 Å². The van der Waals surface area contributed by atoms with Crippen molar-refractivity contribution in [1.82, 2.24) is 10.6 Å². The first-order valence-electron chi connectivity index (χ1n) is 8.54. The molecule has 0 aromatic heterocycles. The van der Waals surface area contributed by atoms with Gasteiger partial charge < -0.3 is 16.0 Å². The topological polar surface area (TPSA) is 87.3 Å². The zero-order valence-corrected chi connectivity index (χ0v) is 16.0. The zero-order valence-electron chi connectivity index (χ0n) is 15.3. The van der Waals surface area contributed by atoms with E-state index < -0.39 is 0 Å². The Hall–Kier alpha value is -2.86. The van der Waals surface area contributed by atoms with Crippen molar-refractivity contribution in [2.24, 2.45) is 0 Å². The van der Waals surface area contributed by atoms with Gasteiger partial charge in [0.2, 0.25) is 11.8 Å². The lowest BCUT2D eigenvalue weighted by Crippen LogP contribution is -2.35. The van der Waals surface area contributed by atoms with E-state index in [2.05, 4.69) is 16.0 Å². The molecule has 0 spiro atoms. The quantitative estimate of drug-likeness (QED) is 0.682. The number of hydrogen-bond acceptors (Lipinski definition) is 3. The molecule has 27 heavy (non-hydrogen) atoms. The molecule has 0 aliphatic heterocycles. The summed E-state index contributed by atoms with van der Waals surface area (Å²) in [7, 11) is 0. The number of benzene rings is 2. The van der Waals surface area contributed by atoms with Gasteiger partial charge in [-0.2, -0.15) is 0 Å². The van der Waals surface area contributed by atoms with Crippen molar-refractivity contribution in [3.05, 3.63) is 64.2 Å². The number of halogens is 1. The highest BCUT2D eigenvalue weighted by Gasteiger charge is 2.11. The SMILES string of the molecule is Cc1cccc(C)c1NC(=O)CNC(=O)CCNC(=O)c1ccccc1Cl. The average Bonchev–Trinajstić information content (AvgIpc) is 2.63. The zero-order chi connectivity index (χ0) is 19.8. The van der Waals surface area contributed by atoms with Crippen LogP contribution in [0.3, 0.4) is 0 Å². The summed E-state index contributed by atoms with van der Waals surface area (Å²) in [6.07, 6.45) is 0.0624. The molecular formula is C20H22ClN3O3. The minimum absolute atomic E-state index is 0.0624. The molecule has 2 rings (SSSR count). The fraction of sp³-hybridized carbons (Fsp3) is 0.250. The Morgan fingerprint density at radius 3 is 2.22 bits per heavy atom. The first kappa shape index (κ1) is 20.5.